The van der Waals surface area contributed by atoms with Crippen LogP contribution in [-0.2, 0) is 25.6 Å². The van der Waals surface area contributed by atoms with Gasteiger partial charge >= 0.3 is 11.9 Å². The van der Waals surface area contributed by atoms with Gasteiger partial charge in [-0.15, -0.1) is 0 Å². The summed E-state index contributed by atoms with van der Waals surface area (Å²) in [6.07, 6.45) is 0. The summed E-state index contributed by atoms with van der Waals surface area (Å²) in [5.74, 6) is -1.03. The van der Waals surface area contributed by atoms with E-state index >= 15 is 0 Å². The van der Waals surface area contributed by atoms with E-state index in [2.05, 4.69) is 10.0 Å². The van der Waals surface area contributed by atoms with Gasteiger partial charge in [0.05, 0.1) is 19.3 Å². The molecule has 0 atom stereocenters. The molecule has 0 saturated heterocycles. The second-order valence-corrected chi connectivity index (χ2v) is 6.04. The molecule has 0 aliphatic carbocycles. The first-order valence-corrected chi connectivity index (χ1v) is 7.24. The van der Waals surface area contributed by atoms with E-state index in [0.29, 0.717) is 11.1 Å². The molecule has 0 N–H and O–H groups in total. The van der Waals surface area contributed by atoms with Gasteiger partial charge in [-0.25, -0.2) is 9.59 Å². The maximum Gasteiger partial charge on any atom is 0.338 e. The monoisotopic (exact) mass is 335 g/mol. The molecule has 1 aromatic rings. The minimum absolute atomic E-state index is 0.0594. The minimum Gasteiger partial charge on any atom is -0.465 e. The number of benzene rings is 1. The molecule has 0 saturated carbocycles. The summed E-state index contributed by atoms with van der Waals surface area (Å²) in [6.45, 7) is 6.85. The zero-order chi connectivity index (χ0) is 18.3. The predicted molar refractivity (Wildman–Crippen MR) is 86.8 cm³/mol. The lowest BCUT2D eigenvalue weighted by Crippen LogP contribution is -2.26. The van der Waals surface area contributed by atoms with Crippen molar-refractivity contribution < 1.29 is 23.8 Å². The first-order chi connectivity index (χ1) is 11.2. The van der Waals surface area contributed by atoms with Crippen LogP contribution in [0.5, 0.6) is 0 Å². The molecule has 130 valence electrons. The molecule has 0 aliphatic rings. The number of carbonyl (C=O) groups is 2. The van der Waals surface area contributed by atoms with E-state index in [9.17, 15) is 9.59 Å². The topological polar surface area (TPSA) is 111 Å². The fraction of sp³-hybridized carbons (Fsp3) is 0.500. The second-order valence-electron chi connectivity index (χ2n) is 6.04. The van der Waals surface area contributed by atoms with E-state index in [0.717, 1.165) is 0 Å². The van der Waals surface area contributed by atoms with Gasteiger partial charge in [-0.05, 0) is 56.5 Å². The van der Waals surface area contributed by atoms with Crippen molar-refractivity contribution in [2.75, 3.05) is 13.7 Å². The minimum atomic E-state index is -0.587. The van der Waals surface area contributed by atoms with Crippen molar-refractivity contribution in [1.29, 1.82) is 0 Å². The standard InChI is InChI=1S/C16H21N3O5/c1-10-11(8-23-9-14(20)24-16(2,3)4)6-12(18-19-17)7-13(10)15(21)22-5/h6-7H,8-9H2,1-5H3. The summed E-state index contributed by atoms with van der Waals surface area (Å²) in [4.78, 5) is 26.2. The Bertz CT molecular complexity index is 673. The summed E-state index contributed by atoms with van der Waals surface area (Å²) in [6, 6.07) is 3.04. The Labute approximate surface area is 140 Å². The molecular formula is C16H21N3O5. The number of carbonyl (C=O) groups excluding carboxylic acids is 2. The fourth-order valence-corrected chi connectivity index (χ4v) is 1.95. The molecule has 0 heterocycles. The van der Waals surface area contributed by atoms with Gasteiger partial charge in [-0.3, -0.25) is 0 Å². The van der Waals surface area contributed by atoms with Crippen LogP contribution < -0.4 is 0 Å². The highest BCUT2D eigenvalue weighted by Gasteiger charge is 2.17. The third kappa shape index (κ3) is 5.91. The van der Waals surface area contributed by atoms with Gasteiger partial charge in [0.2, 0.25) is 0 Å². The van der Waals surface area contributed by atoms with Crippen LogP contribution in [0.25, 0.3) is 10.4 Å². The number of hydrogen-bond acceptors (Lipinski definition) is 6. The van der Waals surface area contributed by atoms with Crippen molar-refractivity contribution in [3.8, 4) is 0 Å². The van der Waals surface area contributed by atoms with Gasteiger partial charge in [-0.1, -0.05) is 5.11 Å². The summed E-state index contributed by atoms with van der Waals surface area (Å²) < 4.78 is 15.2. The molecule has 0 spiro atoms. The van der Waals surface area contributed by atoms with Gasteiger partial charge in [0.25, 0.3) is 0 Å². The largest absolute Gasteiger partial charge is 0.465 e. The van der Waals surface area contributed by atoms with Crippen LogP contribution >= 0.6 is 0 Å². The molecule has 1 rings (SSSR count). The molecule has 0 unspecified atom stereocenters. The van der Waals surface area contributed by atoms with Crippen molar-refractivity contribution >= 4 is 17.6 Å². The van der Waals surface area contributed by atoms with Crippen LogP contribution in [0.4, 0.5) is 5.69 Å². The highest BCUT2D eigenvalue weighted by Crippen LogP contribution is 2.24. The molecule has 0 bridgehead atoms. The van der Waals surface area contributed by atoms with Crippen LogP contribution in [0.3, 0.4) is 0 Å². The van der Waals surface area contributed by atoms with Crippen LogP contribution in [0.15, 0.2) is 17.2 Å². The number of hydrogen-bond donors (Lipinski definition) is 0. The van der Waals surface area contributed by atoms with Crippen molar-refractivity contribution in [2.24, 2.45) is 5.11 Å². The molecule has 8 heteroatoms. The highest BCUT2D eigenvalue weighted by atomic mass is 16.6. The molecule has 8 nitrogen and oxygen atoms in total. The number of esters is 2. The van der Waals surface area contributed by atoms with E-state index in [1.807, 2.05) is 0 Å². The third-order valence-electron chi connectivity index (χ3n) is 2.96. The zero-order valence-corrected chi connectivity index (χ0v) is 14.5. The quantitative estimate of drug-likeness (QED) is 0.341. The normalized spacial score (nSPS) is 10.7. The van der Waals surface area contributed by atoms with Crippen molar-refractivity contribution in [2.45, 2.75) is 39.9 Å². The van der Waals surface area contributed by atoms with E-state index in [4.69, 9.17) is 19.7 Å². The molecule has 0 amide bonds. The lowest BCUT2D eigenvalue weighted by Gasteiger charge is -2.19. The van der Waals surface area contributed by atoms with Gasteiger partial charge in [0.15, 0.2) is 0 Å². The summed E-state index contributed by atoms with van der Waals surface area (Å²) >= 11 is 0. The Kier molecular flexibility index (Phi) is 6.76. The molecule has 0 fully saturated rings. The Morgan fingerprint density at radius 1 is 1.29 bits per heavy atom. The highest BCUT2D eigenvalue weighted by molar-refractivity contribution is 5.92. The van der Waals surface area contributed by atoms with E-state index < -0.39 is 17.5 Å². The number of azide groups is 1. The fourth-order valence-electron chi connectivity index (χ4n) is 1.95. The van der Waals surface area contributed by atoms with Gasteiger partial charge in [-0.2, -0.15) is 0 Å². The van der Waals surface area contributed by atoms with Gasteiger partial charge in [0.1, 0.15) is 12.2 Å². The molecule has 0 aromatic heterocycles. The predicted octanol–water partition coefficient (Wildman–Crippen LogP) is 3.58. The van der Waals surface area contributed by atoms with Crippen molar-refractivity contribution in [3.05, 3.63) is 39.3 Å². The van der Waals surface area contributed by atoms with Gasteiger partial charge in [0, 0.05) is 10.6 Å². The lowest BCUT2D eigenvalue weighted by molar-refractivity contribution is -0.160. The Hall–Kier alpha value is -2.57. The van der Waals surface area contributed by atoms with Crippen LogP contribution in [0.2, 0.25) is 0 Å². The van der Waals surface area contributed by atoms with Crippen LogP contribution in [0, 0.1) is 6.92 Å². The number of methoxy groups -OCH3 is 1. The first-order valence-electron chi connectivity index (χ1n) is 7.24. The van der Waals surface area contributed by atoms with E-state index in [-0.39, 0.29) is 24.5 Å². The summed E-state index contributed by atoms with van der Waals surface area (Å²) in [7, 11) is 1.26. The van der Waals surface area contributed by atoms with Gasteiger partial charge < -0.3 is 14.2 Å². The molecular weight excluding hydrogens is 314 g/mol. The van der Waals surface area contributed by atoms with Crippen molar-refractivity contribution in [3.63, 3.8) is 0 Å². The second kappa shape index (κ2) is 8.33. The number of rotatable bonds is 6. The van der Waals surface area contributed by atoms with E-state index in [1.165, 1.54) is 13.2 Å². The average Bonchev–Trinajstić information content (AvgIpc) is 2.47. The Balaban J connectivity index is 2.90. The maximum atomic E-state index is 11.8. The zero-order valence-electron chi connectivity index (χ0n) is 14.5. The molecule has 0 aliphatic heterocycles. The Morgan fingerprint density at radius 2 is 1.96 bits per heavy atom. The van der Waals surface area contributed by atoms with Crippen molar-refractivity contribution in [1.82, 2.24) is 0 Å². The third-order valence-corrected chi connectivity index (χ3v) is 2.96. The smallest absolute Gasteiger partial charge is 0.338 e. The number of ether oxygens (including phenoxy) is 3. The van der Waals surface area contributed by atoms with Crippen LogP contribution in [-0.4, -0.2) is 31.3 Å². The molecule has 1 aromatic carbocycles. The first kappa shape index (κ1) is 19.5. The molecule has 0 radical (unpaired) electrons. The Morgan fingerprint density at radius 3 is 2.50 bits per heavy atom. The van der Waals surface area contributed by atoms with E-state index in [1.54, 1.807) is 33.8 Å². The SMILES string of the molecule is COC(=O)c1cc(N=[N+]=[N-])cc(COCC(=O)OC(C)(C)C)c1C. The number of nitrogens with zero attached hydrogens (tertiary/aromatic N) is 3. The lowest BCUT2D eigenvalue weighted by atomic mass is 10.0. The summed E-state index contributed by atoms with van der Waals surface area (Å²) in [5.41, 5.74) is 9.77. The average molecular weight is 335 g/mol. The molecule has 24 heavy (non-hydrogen) atoms. The summed E-state index contributed by atoms with van der Waals surface area (Å²) in [5, 5.41) is 3.50. The van der Waals surface area contributed by atoms with Crippen LogP contribution in [0.1, 0.15) is 42.3 Å². The maximum absolute atomic E-state index is 11.8.